The van der Waals surface area contributed by atoms with Crippen LogP contribution in [-0.4, -0.2) is 24.5 Å². The van der Waals surface area contributed by atoms with E-state index in [4.69, 9.17) is 4.74 Å². The lowest BCUT2D eigenvalue weighted by atomic mass is 10.2. The molecule has 144 valence electrons. The molecule has 0 atom stereocenters. The number of benzene rings is 2. The monoisotopic (exact) mass is 376 g/mol. The van der Waals surface area contributed by atoms with E-state index in [1.165, 1.54) is 17.9 Å². The Balaban J connectivity index is 1.98. The summed E-state index contributed by atoms with van der Waals surface area (Å²) >= 11 is 0. The van der Waals surface area contributed by atoms with Crippen molar-refractivity contribution < 1.29 is 23.1 Å². The van der Waals surface area contributed by atoms with E-state index in [-0.39, 0.29) is 30.7 Å². The Labute approximate surface area is 156 Å². The molecule has 0 spiro atoms. The first-order chi connectivity index (χ1) is 12.8. The zero-order valence-corrected chi connectivity index (χ0v) is 15.5. The van der Waals surface area contributed by atoms with Crippen molar-refractivity contribution in [2.45, 2.75) is 33.3 Å². The van der Waals surface area contributed by atoms with Crippen molar-refractivity contribution in [2.75, 3.05) is 16.8 Å². The first kappa shape index (κ1) is 20.4. The van der Waals surface area contributed by atoms with Crippen LogP contribution >= 0.6 is 0 Å². The van der Waals surface area contributed by atoms with Gasteiger partial charge < -0.3 is 15.0 Å². The molecule has 0 fully saturated rings. The van der Waals surface area contributed by atoms with Gasteiger partial charge in [-0.2, -0.15) is 0 Å². The minimum Gasteiger partial charge on any atom is -0.491 e. The number of amides is 2. The molecule has 0 unspecified atom stereocenters. The average Bonchev–Trinajstić information content (AvgIpc) is 2.59. The molecule has 27 heavy (non-hydrogen) atoms. The molecule has 1 N–H and O–H groups in total. The Hall–Kier alpha value is -2.96. The molecule has 0 bridgehead atoms. The fraction of sp³-hybridized carbons (Fsp3) is 0.300. The molecule has 2 aromatic rings. The molecule has 0 aliphatic rings. The van der Waals surface area contributed by atoms with Crippen molar-refractivity contribution >= 4 is 23.2 Å². The molecule has 0 saturated carbocycles. The lowest BCUT2D eigenvalue weighted by Crippen LogP contribution is -2.31. The summed E-state index contributed by atoms with van der Waals surface area (Å²) in [5, 5.41) is 2.48. The maximum Gasteiger partial charge on any atom is 0.226 e. The van der Waals surface area contributed by atoms with Crippen LogP contribution < -0.4 is 15.0 Å². The third kappa shape index (κ3) is 6.06. The second kappa shape index (κ2) is 9.12. The molecule has 0 aromatic heterocycles. The number of halogens is 2. The van der Waals surface area contributed by atoms with Crippen LogP contribution in [0.4, 0.5) is 20.2 Å². The van der Waals surface area contributed by atoms with Crippen LogP contribution in [0.3, 0.4) is 0 Å². The predicted octanol–water partition coefficient (Wildman–Crippen LogP) is 4.13. The van der Waals surface area contributed by atoms with Gasteiger partial charge in [-0.15, -0.1) is 0 Å². The molecule has 2 aromatic carbocycles. The van der Waals surface area contributed by atoms with Gasteiger partial charge in [-0.3, -0.25) is 9.59 Å². The maximum absolute atomic E-state index is 13.2. The highest BCUT2D eigenvalue weighted by Gasteiger charge is 2.14. The number of carbonyl (C=O) groups excluding carboxylic acids is 2. The van der Waals surface area contributed by atoms with E-state index in [0.717, 1.165) is 12.1 Å². The Morgan fingerprint density at radius 1 is 1.07 bits per heavy atom. The van der Waals surface area contributed by atoms with Crippen molar-refractivity contribution in [1.29, 1.82) is 0 Å². The number of carbonyl (C=O) groups is 2. The van der Waals surface area contributed by atoms with Crippen LogP contribution in [0.2, 0.25) is 0 Å². The standard InChI is InChI=1S/C20H22F2N2O3/c1-13(2)27-17-7-5-16(6-8-17)24(14(3)25)11-10-20(26)23-15-4-9-18(21)19(22)12-15/h4-9,12-13H,10-11H2,1-3H3,(H,23,26). The van der Waals surface area contributed by atoms with Gasteiger partial charge in [-0.1, -0.05) is 0 Å². The van der Waals surface area contributed by atoms with Crippen molar-refractivity contribution in [3.63, 3.8) is 0 Å². The normalized spacial score (nSPS) is 10.6. The van der Waals surface area contributed by atoms with E-state index in [1.807, 2.05) is 13.8 Å². The van der Waals surface area contributed by atoms with Crippen molar-refractivity contribution in [1.82, 2.24) is 0 Å². The summed E-state index contributed by atoms with van der Waals surface area (Å²) in [6.07, 6.45) is 0.0442. The topological polar surface area (TPSA) is 58.6 Å². The molecule has 5 nitrogen and oxygen atoms in total. The Bertz CT molecular complexity index is 807. The van der Waals surface area contributed by atoms with Gasteiger partial charge >= 0.3 is 0 Å². The second-order valence-corrected chi connectivity index (χ2v) is 6.26. The fourth-order valence-corrected chi connectivity index (χ4v) is 2.46. The van der Waals surface area contributed by atoms with Gasteiger partial charge in [0.2, 0.25) is 11.8 Å². The van der Waals surface area contributed by atoms with Crippen LogP contribution in [-0.2, 0) is 9.59 Å². The Morgan fingerprint density at radius 3 is 2.30 bits per heavy atom. The van der Waals surface area contributed by atoms with E-state index < -0.39 is 17.5 Å². The minimum atomic E-state index is -1.04. The average molecular weight is 376 g/mol. The largest absolute Gasteiger partial charge is 0.491 e. The number of anilines is 2. The fourth-order valence-electron chi connectivity index (χ4n) is 2.46. The van der Waals surface area contributed by atoms with Gasteiger partial charge in [0.1, 0.15) is 5.75 Å². The Morgan fingerprint density at radius 2 is 1.74 bits per heavy atom. The highest BCUT2D eigenvalue weighted by molar-refractivity contribution is 5.94. The van der Waals surface area contributed by atoms with Gasteiger partial charge in [0, 0.05) is 37.3 Å². The molecule has 2 rings (SSSR count). The third-order valence-corrected chi connectivity index (χ3v) is 3.67. The van der Waals surface area contributed by atoms with Crippen LogP contribution in [0, 0.1) is 11.6 Å². The maximum atomic E-state index is 13.2. The van der Waals surface area contributed by atoms with Crippen LogP contribution in [0.15, 0.2) is 42.5 Å². The van der Waals surface area contributed by atoms with Gasteiger partial charge in [-0.05, 0) is 50.2 Å². The SMILES string of the molecule is CC(=O)N(CCC(=O)Nc1ccc(F)c(F)c1)c1ccc(OC(C)C)cc1. The van der Waals surface area contributed by atoms with E-state index in [0.29, 0.717) is 11.4 Å². The first-order valence-corrected chi connectivity index (χ1v) is 8.56. The van der Waals surface area contributed by atoms with Gasteiger partial charge in [0.25, 0.3) is 0 Å². The molecular formula is C20H22F2N2O3. The number of hydrogen-bond donors (Lipinski definition) is 1. The molecule has 0 saturated heterocycles. The minimum absolute atomic E-state index is 0.00280. The van der Waals surface area contributed by atoms with Crippen LogP contribution in [0.25, 0.3) is 0 Å². The van der Waals surface area contributed by atoms with Gasteiger partial charge in [-0.25, -0.2) is 8.78 Å². The van der Waals surface area contributed by atoms with Crippen molar-refractivity contribution in [2.24, 2.45) is 0 Å². The summed E-state index contributed by atoms with van der Waals surface area (Å²) in [5.74, 6) is -1.96. The van der Waals surface area contributed by atoms with Crippen LogP contribution in [0.5, 0.6) is 5.75 Å². The van der Waals surface area contributed by atoms with Gasteiger partial charge in [0.05, 0.1) is 6.10 Å². The summed E-state index contributed by atoms with van der Waals surface area (Å²) in [6, 6.07) is 10.1. The van der Waals surface area contributed by atoms with Crippen molar-refractivity contribution in [3.05, 3.63) is 54.1 Å². The molecule has 7 heteroatoms. The lowest BCUT2D eigenvalue weighted by molar-refractivity contribution is -0.117. The predicted molar refractivity (Wildman–Crippen MR) is 99.8 cm³/mol. The summed E-state index contributed by atoms with van der Waals surface area (Å²) < 4.78 is 31.7. The smallest absolute Gasteiger partial charge is 0.226 e. The van der Waals surface area contributed by atoms with Crippen LogP contribution in [0.1, 0.15) is 27.2 Å². The molecule has 0 aliphatic heterocycles. The third-order valence-electron chi connectivity index (χ3n) is 3.67. The first-order valence-electron chi connectivity index (χ1n) is 8.56. The number of hydrogen-bond acceptors (Lipinski definition) is 3. The van der Waals surface area contributed by atoms with Gasteiger partial charge in [0.15, 0.2) is 11.6 Å². The molecule has 0 radical (unpaired) electrons. The summed E-state index contributed by atoms with van der Waals surface area (Å²) in [6.45, 7) is 5.39. The molecule has 0 heterocycles. The zero-order valence-electron chi connectivity index (χ0n) is 15.5. The Kier molecular flexibility index (Phi) is 6.87. The summed E-state index contributed by atoms with van der Waals surface area (Å²) in [7, 11) is 0. The number of rotatable bonds is 7. The zero-order chi connectivity index (χ0) is 20.0. The van der Waals surface area contributed by atoms with E-state index in [1.54, 1.807) is 24.3 Å². The molecule has 0 aliphatic carbocycles. The number of nitrogens with one attached hydrogen (secondary N) is 1. The lowest BCUT2D eigenvalue weighted by Gasteiger charge is -2.21. The quantitative estimate of drug-likeness (QED) is 0.790. The van der Waals surface area contributed by atoms with Crippen molar-refractivity contribution in [3.8, 4) is 5.75 Å². The summed E-state index contributed by atoms with van der Waals surface area (Å²) in [4.78, 5) is 25.5. The van der Waals surface area contributed by atoms with E-state index in [9.17, 15) is 18.4 Å². The number of ether oxygens (including phenoxy) is 1. The number of nitrogens with zero attached hydrogens (tertiary/aromatic N) is 1. The second-order valence-electron chi connectivity index (χ2n) is 6.26. The summed E-state index contributed by atoms with van der Waals surface area (Å²) in [5.41, 5.74) is 0.794. The highest BCUT2D eigenvalue weighted by Crippen LogP contribution is 2.21. The molecule has 2 amide bonds. The highest BCUT2D eigenvalue weighted by atomic mass is 19.2. The molecular weight excluding hydrogens is 354 g/mol. The van der Waals surface area contributed by atoms with E-state index >= 15 is 0 Å². The van der Waals surface area contributed by atoms with E-state index in [2.05, 4.69) is 5.32 Å².